The van der Waals surface area contributed by atoms with Gasteiger partial charge in [-0.3, -0.25) is 4.79 Å². The van der Waals surface area contributed by atoms with Crippen molar-refractivity contribution in [3.63, 3.8) is 0 Å². The average molecular weight is 194 g/mol. The molecule has 2 heteroatoms. The van der Waals surface area contributed by atoms with Crippen LogP contribution in [-0.2, 0) is 4.79 Å². The van der Waals surface area contributed by atoms with Crippen LogP contribution in [0.15, 0.2) is 12.2 Å². The van der Waals surface area contributed by atoms with Crippen LogP contribution in [0.3, 0.4) is 0 Å². The molecule has 2 rings (SSSR count). The van der Waals surface area contributed by atoms with Crippen molar-refractivity contribution in [1.29, 1.82) is 0 Å². The lowest BCUT2D eigenvalue weighted by atomic mass is 9.86. The first-order valence-electron chi connectivity index (χ1n) is 5.53. The Morgan fingerprint density at radius 1 is 1.50 bits per heavy atom. The molecule has 0 aromatic rings. The van der Waals surface area contributed by atoms with Crippen molar-refractivity contribution in [2.45, 2.75) is 39.0 Å². The van der Waals surface area contributed by atoms with E-state index in [1.165, 1.54) is 25.7 Å². The maximum absolute atomic E-state index is 10.4. The van der Waals surface area contributed by atoms with E-state index in [0.29, 0.717) is 11.3 Å². The Balaban J connectivity index is 1.93. The number of carbonyl (C=O) groups is 1. The summed E-state index contributed by atoms with van der Waals surface area (Å²) in [5.74, 6) is 0.788. The van der Waals surface area contributed by atoms with Crippen molar-refractivity contribution >= 4 is 5.97 Å². The summed E-state index contributed by atoms with van der Waals surface area (Å²) in [6.07, 6.45) is 9.47. The predicted molar refractivity (Wildman–Crippen MR) is 54.9 cm³/mol. The molecular formula is C12H18O2. The SMILES string of the molecule is CC1CCC(/C=C/CC(=O)O)C12CC2. The molecule has 1 N–H and O–H groups in total. The lowest BCUT2D eigenvalue weighted by Crippen LogP contribution is -2.12. The molecule has 1 spiro atoms. The summed E-state index contributed by atoms with van der Waals surface area (Å²) in [7, 11) is 0. The Bertz CT molecular complexity index is 263. The Labute approximate surface area is 85.0 Å². The van der Waals surface area contributed by atoms with E-state index >= 15 is 0 Å². The largest absolute Gasteiger partial charge is 0.481 e. The highest BCUT2D eigenvalue weighted by Crippen LogP contribution is 2.64. The van der Waals surface area contributed by atoms with Crippen LogP contribution < -0.4 is 0 Å². The van der Waals surface area contributed by atoms with Gasteiger partial charge in [0.2, 0.25) is 0 Å². The lowest BCUT2D eigenvalue weighted by molar-refractivity contribution is -0.136. The van der Waals surface area contributed by atoms with Crippen molar-refractivity contribution in [2.24, 2.45) is 17.3 Å². The minimum atomic E-state index is -0.725. The van der Waals surface area contributed by atoms with E-state index in [4.69, 9.17) is 5.11 Å². The van der Waals surface area contributed by atoms with Crippen LogP contribution in [0.5, 0.6) is 0 Å². The molecule has 2 aliphatic rings. The second kappa shape index (κ2) is 3.41. The molecule has 0 aromatic carbocycles. The van der Waals surface area contributed by atoms with Gasteiger partial charge in [0, 0.05) is 0 Å². The molecule has 2 atom stereocenters. The van der Waals surface area contributed by atoms with Gasteiger partial charge in [0.25, 0.3) is 0 Å². The van der Waals surface area contributed by atoms with Crippen LogP contribution in [0.25, 0.3) is 0 Å². The predicted octanol–water partition coefficient (Wildman–Crippen LogP) is 2.84. The van der Waals surface area contributed by atoms with E-state index in [2.05, 4.69) is 13.0 Å². The number of carboxylic acid groups (broad SMARTS) is 1. The van der Waals surface area contributed by atoms with Gasteiger partial charge < -0.3 is 5.11 Å². The van der Waals surface area contributed by atoms with Gasteiger partial charge in [0.15, 0.2) is 0 Å². The topological polar surface area (TPSA) is 37.3 Å². The monoisotopic (exact) mass is 194 g/mol. The summed E-state index contributed by atoms with van der Waals surface area (Å²) in [6.45, 7) is 2.35. The van der Waals surface area contributed by atoms with Gasteiger partial charge in [-0.2, -0.15) is 0 Å². The van der Waals surface area contributed by atoms with E-state index in [1.54, 1.807) is 0 Å². The summed E-state index contributed by atoms with van der Waals surface area (Å²) < 4.78 is 0. The Kier molecular flexibility index (Phi) is 2.38. The standard InChI is InChI=1S/C12H18O2/c1-9-5-6-10(12(9)7-8-12)3-2-4-11(13)14/h2-3,9-10H,4-8H2,1H3,(H,13,14)/b3-2+. The number of hydrogen-bond donors (Lipinski definition) is 1. The fraction of sp³-hybridized carbons (Fsp3) is 0.750. The quantitative estimate of drug-likeness (QED) is 0.701. The zero-order chi connectivity index (χ0) is 10.2. The van der Waals surface area contributed by atoms with Crippen LogP contribution in [0.4, 0.5) is 0 Å². The van der Waals surface area contributed by atoms with Crippen molar-refractivity contribution in [3.8, 4) is 0 Å². The molecule has 0 saturated heterocycles. The van der Waals surface area contributed by atoms with Crippen molar-refractivity contribution in [1.82, 2.24) is 0 Å². The summed E-state index contributed by atoms with van der Waals surface area (Å²) in [6, 6.07) is 0. The summed E-state index contributed by atoms with van der Waals surface area (Å²) in [5, 5.41) is 8.53. The third-order valence-corrected chi connectivity index (χ3v) is 4.12. The molecule has 0 heterocycles. The van der Waals surface area contributed by atoms with E-state index in [9.17, 15) is 4.79 Å². The zero-order valence-electron chi connectivity index (χ0n) is 8.70. The van der Waals surface area contributed by atoms with E-state index in [0.717, 1.165) is 5.92 Å². The second-order valence-electron chi connectivity index (χ2n) is 4.84. The minimum Gasteiger partial charge on any atom is -0.481 e. The van der Waals surface area contributed by atoms with Crippen molar-refractivity contribution in [2.75, 3.05) is 0 Å². The van der Waals surface area contributed by atoms with Gasteiger partial charge >= 0.3 is 5.97 Å². The number of aliphatic carboxylic acids is 1. The molecule has 14 heavy (non-hydrogen) atoms. The number of hydrogen-bond acceptors (Lipinski definition) is 1. The van der Waals surface area contributed by atoms with Gasteiger partial charge in [-0.05, 0) is 42.9 Å². The van der Waals surface area contributed by atoms with Crippen LogP contribution in [0.1, 0.15) is 39.0 Å². The van der Waals surface area contributed by atoms with Crippen LogP contribution >= 0.6 is 0 Å². The molecule has 2 unspecified atom stereocenters. The molecular weight excluding hydrogens is 176 g/mol. The van der Waals surface area contributed by atoms with E-state index in [-0.39, 0.29) is 6.42 Å². The third kappa shape index (κ3) is 1.58. The molecule has 2 fully saturated rings. The number of allylic oxidation sites excluding steroid dienone is 1. The summed E-state index contributed by atoms with van der Waals surface area (Å²) >= 11 is 0. The molecule has 78 valence electrons. The Morgan fingerprint density at radius 3 is 2.79 bits per heavy atom. The maximum Gasteiger partial charge on any atom is 0.307 e. The second-order valence-corrected chi connectivity index (χ2v) is 4.84. The van der Waals surface area contributed by atoms with Gasteiger partial charge in [-0.25, -0.2) is 0 Å². The van der Waals surface area contributed by atoms with Crippen LogP contribution in [-0.4, -0.2) is 11.1 Å². The normalized spacial score (nSPS) is 34.1. The van der Waals surface area contributed by atoms with Gasteiger partial charge in [-0.15, -0.1) is 0 Å². The lowest BCUT2D eigenvalue weighted by Gasteiger charge is -2.18. The fourth-order valence-electron chi connectivity index (χ4n) is 3.00. The van der Waals surface area contributed by atoms with Crippen molar-refractivity contribution in [3.05, 3.63) is 12.2 Å². The highest BCUT2D eigenvalue weighted by Gasteiger charge is 2.55. The van der Waals surface area contributed by atoms with Gasteiger partial charge in [0.05, 0.1) is 6.42 Å². The molecule has 0 aromatic heterocycles. The maximum atomic E-state index is 10.4. The average Bonchev–Trinajstić information content (AvgIpc) is 2.84. The molecule has 0 aliphatic heterocycles. The summed E-state index contributed by atoms with van der Waals surface area (Å²) in [5.41, 5.74) is 0.578. The molecule has 0 amide bonds. The summed E-state index contributed by atoms with van der Waals surface area (Å²) in [4.78, 5) is 10.4. The van der Waals surface area contributed by atoms with E-state index in [1.807, 2.05) is 6.08 Å². The minimum absolute atomic E-state index is 0.182. The third-order valence-electron chi connectivity index (χ3n) is 4.12. The van der Waals surface area contributed by atoms with E-state index < -0.39 is 5.97 Å². The first kappa shape index (κ1) is 9.75. The first-order valence-corrected chi connectivity index (χ1v) is 5.53. The van der Waals surface area contributed by atoms with Crippen LogP contribution in [0, 0.1) is 17.3 Å². The molecule has 0 bridgehead atoms. The first-order chi connectivity index (χ1) is 6.65. The number of rotatable bonds is 3. The molecule has 0 radical (unpaired) electrons. The zero-order valence-corrected chi connectivity index (χ0v) is 8.70. The molecule has 2 saturated carbocycles. The Morgan fingerprint density at radius 2 is 2.21 bits per heavy atom. The highest BCUT2D eigenvalue weighted by molar-refractivity contribution is 5.68. The molecule has 2 aliphatic carbocycles. The van der Waals surface area contributed by atoms with Gasteiger partial charge in [0.1, 0.15) is 0 Å². The smallest absolute Gasteiger partial charge is 0.307 e. The van der Waals surface area contributed by atoms with Crippen LogP contribution in [0.2, 0.25) is 0 Å². The van der Waals surface area contributed by atoms with Gasteiger partial charge in [-0.1, -0.05) is 19.1 Å². The number of carboxylic acids is 1. The fourth-order valence-corrected chi connectivity index (χ4v) is 3.00. The molecule has 2 nitrogen and oxygen atoms in total. The van der Waals surface area contributed by atoms with Crippen molar-refractivity contribution < 1.29 is 9.90 Å². The highest BCUT2D eigenvalue weighted by atomic mass is 16.4. The Hall–Kier alpha value is -0.790.